The molecule has 5 nitrogen and oxygen atoms in total. The van der Waals surface area contributed by atoms with Gasteiger partial charge in [0.1, 0.15) is 5.76 Å². The van der Waals surface area contributed by atoms with Gasteiger partial charge in [0.15, 0.2) is 0 Å². The summed E-state index contributed by atoms with van der Waals surface area (Å²) in [4.78, 5) is 22.9. The van der Waals surface area contributed by atoms with Crippen LogP contribution in [0.4, 0.5) is 0 Å². The first-order valence-corrected chi connectivity index (χ1v) is 7.72. The van der Waals surface area contributed by atoms with Crippen molar-refractivity contribution in [1.82, 2.24) is 5.32 Å². The van der Waals surface area contributed by atoms with Gasteiger partial charge < -0.3 is 15.5 Å². The second-order valence-corrected chi connectivity index (χ2v) is 6.29. The maximum Gasteiger partial charge on any atom is 0.335 e. The minimum atomic E-state index is -1.03. The van der Waals surface area contributed by atoms with Crippen LogP contribution in [0.25, 0.3) is 6.08 Å². The third kappa shape index (κ3) is 6.55. The summed E-state index contributed by atoms with van der Waals surface area (Å²) in [5.74, 6) is -0.890. The number of aliphatic hydroxyl groups excluding tert-OH is 1. The Morgan fingerprint density at radius 2 is 1.87 bits per heavy atom. The average Bonchev–Trinajstić information content (AvgIpc) is 2.39. The number of nitrogens with one attached hydrogen (secondary N) is 1. The first kappa shape index (κ1) is 18.7. The molecule has 0 aliphatic rings. The van der Waals surface area contributed by atoms with E-state index in [1.165, 1.54) is 18.2 Å². The number of carbonyl (C=O) groups excluding carboxylic acids is 1. The van der Waals surface area contributed by atoms with Crippen molar-refractivity contribution in [3.05, 3.63) is 40.6 Å². The van der Waals surface area contributed by atoms with E-state index in [1.807, 2.05) is 13.8 Å². The molecular weight excluding hydrogens is 294 g/mol. The normalized spacial score (nSPS) is 13.0. The predicted octanol–water partition coefficient (Wildman–Crippen LogP) is 3.53. The molecule has 0 spiro atoms. The summed E-state index contributed by atoms with van der Waals surface area (Å²) in [7, 11) is 0. The minimum Gasteiger partial charge on any atom is -0.512 e. The second kappa shape index (κ2) is 8.36. The molecular formula is C18H25NO4. The van der Waals surface area contributed by atoms with Gasteiger partial charge in [-0.3, -0.25) is 4.79 Å². The van der Waals surface area contributed by atoms with Crippen LogP contribution in [-0.2, 0) is 4.79 Å². The zero-order chi connectivity index (χ0) is 17.6. The summed E-state index contributed by atoms with van der Waals surface area (Å²) in [5.41, 5.74) is 1.56. The first-order valence-electron chi connectivity index (χ1n) is 7.72. The first-order chi connectivity index (χ1) is 10.7. The zero-order valence-corrected chi connectivity index (χ0v) is 14.1. The van der Waals surface area contributed by atoms with E-state index < -0.39 is 5.97 Å². The van der Waals surface area contributed by atoms with Crippen LogP contribution in [0.5, 0.6) is 0 Å². The number of aryl methyl sites for hydroxylation is 1. The molecule has 126 valence electrons. The van der Waals surface area contributed by atoms with Crippen LogP contribution in [0.15, 0.2) is 24.0 Å². The molecule has 1 amide bonds. The quantitative estimate of drug-likeness (QED) is 0.671. The number of benzene rings is 1. The molecule has 0 heterocycles. The van der Waals surface area contributed by atoms with Gasteiger partial charge in [0, 0.05) is 6.04 Å². The van der Waals surface area contributed by atoms with E-state index in [4.69, 9.17) is 5.11 Å². The average molecular weight is 319 g/mol. The summed E-state index contributed by atoms with van der Waals surface area (Å²) in [6.07, 6.45) is 2.18. The van der Waals surface area contributed by atoms with Crippen LogP contribution in [-0.4, -0.2) is 28.1 Å². The van der Waals surface area contributed by atoms with Gasteiger partial charge >= 0.3 is 5.97 Å². The Morgan fingerprint density at radius 1 is 1.22 bits per heavy atom. The van der Waals surface area contributed by atoms with Gasteiger partial charge in [-0.05, 0) is 55.5 Å². The third-order valence-corrected chi connectivity index (χ3v) is 3.42. The van der Waals surface area contributed by atoms with Crippen molar-refractivity contribution in [2.24, 2.45) is 5.92 Å². The fourth-order valence-electron chi connectivity index (χ4n) is 2.42. The highest BCUT2D eigenvalue weighted by atomic mass is 16.4. The van der Waals surface area contributed by atoms with Crippen molar-refractivity contribution in [1.29, 1.82) is 0 Å². The van der Waals surface area contributed by atoms with Crippen molar-refractivity contribution < 1.29 is 19.8 Å². The number of carbonyl (C=O) groups is 2. The third-order valence-electron chi connectivity index (χ3n) is 3.42. The SMILES string of the molecule is Cc1ccc(C(=O)O)cc1/C=C(\O)CC(=O)NC(C)CC(C)C. The molecule has 1 rings (SSSR count). The molecule has 0 saturated carbocycles. The Balaban J connectivity index is 2.75. The van der Waals surface area contributed by atoms with Crippen molar-refractivity contribution in [3.8, 4) is 0 Å². The molecule has 23 heavy (non-hydrogen) atoms. The molecule has 0 aromatic heterocycles. The zero-order valence-electron chi connectivity index (χ0n) is 14.1. The maximum atomic E-state index is 11.9. The fraction of sp³-hybridized carbons (Fsp3) is 0.444. The van der Waals surface area contributed by atoms with E-state index >= 15 is 0 Å². The van der Waals surface area contributed by atoms with Crippen LogP contribution in [0.1, 0.15) is 55.1 Å². The Hall–Kier alpha value is -2.30. The molecule has 0 saturated heterocycles. The van der Waals surface area contributed by atoms with Gasteiger partial charge in [-0.25, -0.2) is 4.79 Å². The lowest BCUT2D eigenvalue weighted by atomic mass is 10.0. The lowest BCUT2D eigenvalue weighted by molar-refractivity contribution is -0.121. The maximum absolute atomic E-state index is 11.9. The Morgan fingerprint density at radius 3 is 2.43 bits per heavy atom. The van der Waals surface area contributed by atoms with Gasteiger partial charge in [-0.2, -0.15) is 0 Å². The molecule has 0 bridgehead atoms. The number of carboxylic acid groups (broad SMARTS) is 1. The lowest BCUT2D eigenvalue weighted by Gasteiger charge is -2.15. The summed E-state index contributed by atoms with van der Waals surface area (Å²) < 4.78 is 0. The van der Waals surface area contributed by atoms with Crippen molar-refractivity contribution in [2.45, 2.75) is 46.6 Å². The largest absolute Gasteiger partial charge is 0.512 e. The van der Waals surface area contributed by atoms with Gasteiger partial charge in [0.25, 0.3) is 0 Å². The number of hydrogen-bond donors (Lipinski definition) is 3. The number of amides is 1. The van der Waals surface area contributed by atoms with Crippen LogP contribution in [0, 0.1) is 12.8 Å². The van der Waals surface area contributed by atoms with Crippen LogP contribution >= 0.6 is 0 Å². The molecule has 1 atom stereocenters. The van der Waals surface area contributed by atoms with Gasteiger partial charge in [-0.1, -0.05) is 19.9 Å². The van der Waals surface area contributed by atoms with E-state index in [0.29, 0.717) is 11.5 Å². The van der Waals surface area contributed by atoms with Crippen LogP contribution < -0.4 is 5.32 Å². The highest BCUT2D eigenvalue weighted by Crippen LogP contribution is 2.16. The van der Waals surface area contributed by atoms with E-state index in [2.05, 4.69) is 19.2 Å². The molecule has 1 unspecified atom stereocenters. The van der Waals surface area contributed by atoms with Crippen molar-refractivity contribution in [2.75, 3.05) is 0 Å². The van der Waals surface area contributed by atoms with Crippen LogP contribution in [0.2, 0.25) is 0 Å². The molecule has 5 heteroatoms. The predicted molar refractivity (Wildman–Crippen MR) is 90.4 cm³/mol. The smallest absolute Gasteiger partial charge is 0.335 e. The molecule has 3 N–H and O–H groups in total. The molecule has 0 radical (unpaired) electrons. The van der Waals surface area contributed by atoms with E-state index in [-0.39, 0.29) is 29.7 Å². The summed E-state index contributed by atoms with van der Waals surface area (Å²) in [6, 6.07) is 4.71. The second-order valence-electron chi connectivity index (χ2n) is 6.29. The highest BCUT2D eigenvalue weighted by Gasteiger charge is 2.11. The van der Waals surface area contributed by atoms with E-state index in [1.54, 1.807) is 6.07 Å². The molecule has 0 aliphatic carbocycles. The van der Waals surface area contributed by atoms with Crippen LogP contribution in [0.3, 0.4) is 0 Å². The monoisotopic (exact) mass is 319 g/mol. The van der Waals surface area contributed by atoms with Crippen molar-refractivity contribution in [3.63, 3.8) is 0 Å². The Bertz CT molecular complexity index is 605. The molecule has 0 aliphatic heterocycles. The fourth-order valence-corrected chi connectivity index (χ4v) is 2.42. The number of hydrogen-bond acceptors (Lipinski definition) is 3. The van der Waals surface area contributed by atoms with Gasteiger partial charge in [0.05, 0.1) is 12.0 Å². The summed E-state index contributed by atoms with van der Waals surface area (Å²) in [5, 5.41) is 21.8. The van der Waals surface area contributed by atoms with Gasteiger partial charge in [-0.15, -0.1) is 0 Å². The highest BCUT2D eigenvalue weighted by molar-refractivity contribution is 5.88. The number of carboxylic acids is 1. The molecule has 1 aromatic rings. The Labute approximate surface area is 137 Å². The summed E-state index contributed by atoms with van der Waals surface area (Å²) >= 11 is 0. The standard InChI is InChI=1S/C18H25NO4/c1-11(2)7-13(4)19-17(21)10-16(20)9-15-8-14(18(22)23)6-5-12(15)3/h5-6,8-9,11,13,20H,7,10H2,1-4H3,(H,19,21)(H,22,23)/b16-9-. The summed E-state index contributed by atoms with van der Waals surface area (Å²) in [6.45, 7) is 7.91. The number of aliphatic hydroxyl groups is 1. The Kier molecular flexibility index (Phi) is 6.82. The van der Waals surface area contributed by atoms with E-state index in [9.17, 15) is 14.7 Å². The minimum absolute atomic E-state index is 0.0485. The lowest BCUT2D eigenvalue weighted by Crippen LogP contribution is -2.33. The topological polar surface area (TPSA) is 86.6 Å². The van der Waals surface area contributed by atoms with E-state index in [0.717, 1.165) is 12.0 Å². The number of rotatable bonds is 7. The van der Waals surface area contributed by atoms with Crippen molar-refractivity contribution >= 4 is 18.0 Å². The molecule has 0 fully saturated rings. The van der Waals surface area contributed by atoms with Gasteiger partial charge in [0.2, 0.25) is 5.91 Å². The molecule has 1 aromatic carbocycles. The number of aromatic carboxylic acids is 1.